The van der Waals surface area contributed by atoms with E-state index in [0.717, 1.165) is 29.6 Å². The van der Waals surface area contributed by atoms with Gasteiger partial charge in [-0.05, 0) is 24.7 Å². The molecule has 4 rings (SSSR count). The first-order valence-electron chi connectivity index (χ1n) is 8.25. The van der Waals surface area contributed by atoms with E-state index in [4.69, 9.17) is 4.42 Å². The zero-order chi connectivity index (χ0) is 16.5. The van der Waals surface area contributed by atoms with Gasteiger partial charge in [-0.2, -0.15) is 0 Å². The second-order valence-corrected chi connectivity index (χ2v) is 6.34. The third kappa shape index (κ3) is 2.69. The average Bonchev–Trinajstić information content (AvgIpc) is 3.06. The van der Waals surface area contributed by atoms with Crippen LogP contribution in [0.4, 0.5) is 0 Å². The molecule has 0 aliphatic carbocycles. The van der Waals surface area contributed by atoms with Crippen molar-refractivity contribution in [3.8, 4) is 0 Å². The van der Waals surface area contributed by atoms with Gasteiger partial charge in [-0.15, -0.1) is 0 Å². The molecule has 0 spiro atoms. The van der Waals surface area contributed by atoms with Crippen LogP contribution in [-0.2, 0) is 0 Å². The van der Waals surface area contributed by atoms with Crippen molar-refractivity contribution >= 4 is 16.9 Å². The van der Waals surface area contributed by atoms with Crippen LogP contribution in [0, 0.1) is 0 Å². The van der Waals surface area contributed by atoms with Gasteiger partial charge < -0.3 is 14.2 Å². The Morgan fingerprint density at radius 1 is 1.04 bits per heavy atom. The summed E-state index contributed by atoms with van der Waals surface area (Å²) in [6.07, 6.45) is 0. The maximum absolute atomic E-state index is 13.1. The van der Waals surface area contributed by atoms with Crippen LogP contribution in [0.3, 0.4) is 0 Å². The Kier molecular flexibility index (Phi) is 3.82. The smallest absolute Gasteiger partial charge is 0.290 e. The molecule has 4 heteroatoms. The number of amides is 1. The zero-order valence-electron chi connectivity index (χ0n) is 13.7. The van der Waals surface area contributed by atoms with Crippen molar-refractivity contribution in [3.63, 3.8) is 0 Å². The van der Waals surface area contributed by atoms with Gasteiger partial charge in [-0.1, -0.05) is 48.5 Å². The summed E-state index contributed by atoms with van der Waals surface area (Å²) >= 11 is 0. The standard InChI is InChI=1S/C20H20N2O2/c1-21-11-12-22(17(14-21)15-7-3-2-4-8-15)20(23)19-13-16-9-5-6-10-18(16)24-19/h2-10,13,17H,11-12,14H2,1H3. The number of rotatable bonds is 2. The zero-order valence-corrected chi connectivity index (χ0v) is 13.7. The van der Waals surface area contributed by atoms with E-state index in [0.29, 0.717) is 12.3 Å². The van der Waals surface area contributed by atoms with E-state index in [1.54, 1.807) is 0 Å². The lowest BCUT2D eigenvalue weighted by Crippen LogP contribution is -2.49. The van der Waals surface area contributed by atoms with Crippen molar-refractivity contribution in [3.05, 3.63) is 72.0 Å². The van der Waals surface area contributed by atoms with E-state index in [1.807, 2.05) is 53.4 Å². The molecule has 0 N–H and O–H groups in total. The van der Waals surface area contributed by atoms with Crippen LogP contribution in [0.2, 0.25) is 0 Å². The molecule has 0 radical (unpaired) electrons. The molecular weight excluding hydrogens is 300 g/mol. The molecule has 0 bridgehead atoms. The molecule has 4 nitrogen and oxygen atoms in total. The molecule has 1 aliphatic heterocycles. The molecule has 1 saturated heterocycles. The second-order valence-electron chi connectivity index (χ2n) is 6.34. The van der Waals surface area contributed by atoms with Gasteiger partial charge in [0.2, 0.25) is 0 Å². The largest absolute Gasteiger partial charge is 0.451 e. The Balaban J connectivity index is 1.68. The van der Waals surface area contributed by atoms with E-state index < -0.39 is 0 Å². The van der Waals surface area contributed by atoms with Crippen LogP contribution < -0.4 is 0 Å². The summed E-state index contributed by atoms with van der Waals surface area (Å²) in [6.45, 7) is 2.40. The van der Waals surface area contributed by atoms with Crippen LogP contribution in [0.5, 0.6) is 0 Å². The fraction of sp³-hybridized carbons (Fsp3) is 0.250. The molecule has 1 fully saturated rings. The molecule has 2 aromatic carbocycles. The minimum atomic E-state index is -0.0341. The molecule has 1 aromatic heterocycles. The molecule has 1 unspecified atom stereocenters. The summed E-state index contributed by atoms with van der Waals surface area (Å²) in [5, 5.41) is 0.964. The fourth-order valence-corrected chi connectivity index (χ4v) is 3.35. The van der Waals surface area contributed by atoms with Crippen LogP contribution in [0.25, 0.3) is 11.0 Å². The minimum Gasteiger partial charge on any atom is -0.451 e. The van der Waals surface area contributed by atoms with Gasteiger partial charge in [0.15, 0.2) is 5.76 Å². The first-order chi connectivity index (χ1) is 11.7. The third-order valence-electron chi connectivity index (χ3n) is 4.66. The maximum atomic E-state index is 13.1. The van der Waals surface area contributed by atoms with Crippen LogP contribution in [-0.4, -0.2) is 42.4 Å². The number of nitrogens with zero attached hydrogens (tertiary/aromatic N) is 2. The van der Waals surface area contributed by atoms with Crippen LogP contribution in [0.15, 0.2) is 65.1 Å². The number of fused-ring (bicyclic) bond motifs is 1. The van der Waals surface area contributed by atoms with E-state index in [1.165, 1.54) is 0 Å². The normalized spacial score (nSPS) is 18.9. The first-order valence-corrected chi connectivity index (χ1v) is 8.25. The highest BCUT2D eigenvalue weighted by molar-refractivity contribution is 5.96. The number of furan rings is 1. The predicted octanol–water partition coefficient (Wildman–Crippen LogP) is 3.56. The lowest BCUT2D eigenvalue weighted by atomic mass is 10.0. The summed E-state index contributed by atoms with van der Waals surface area (Å²) < 4.78 is 5.79. The number of hydrogen-bond donors (Lipinski definition) is 0. The van der Waals surface area contributed by atoms with Crippen LogP contribution >= 0.6 is 0 Å². The Hall–Kier alpha value is -2.59. The third-order valence-corrected chi connectivity index (χ3v) is 4.66. The Bertz CT molecular complexity index is 823. The fourth-order valence-electron chi connectivity index (χ4n) is 3.35. The highest BCUT2D eigenvalue weighted by atomic mass is 16.3. The van der Waals surface area contributed by atoms with E-state index >= 15 is 0 Å². The summed E-state index contributed by atoms with van der Waals surface area (Å²) in [7, 11) is 2.10. The number of piperazine rings is 1. The summed E-state index contributed by atoms with van der Waals surface area (Å²) in [4.78, 5) is 17.3. The summed E-state index contributed by atoms with van der Waals surface area (Å²) in [5.74, 6) is 0.384. The Morgan fingerprint density at radius 3 is 2.58 bits per heavy atom. The van der Waals surface area contributed by atoms with Gasteiger partial charge in [-0.3, -0.25) is 4.79 Å². The molecule has 3 aromatic rings. The van der Waals surface area contributed by atoms with Gasteiger partial charge in [0, 0.05) is 25.0 Å². The average molecular weight is 320 g/mol. The molecule has 24 heavy (non-hydrogen) atoms. The van der Waals surface area contributed by atoms with E-state index in [-0.39, 0.29) is 11.9 Å². The Morgan fingerprint density at radius 2 is 1.79 bits per heavy atom. The Labute approximate surface area is 141 Å². The topological polar surface area (TPSA) is 36.7 Å². The van der Waals surface area contributed by atoms with Crippen molar-refractivity contribution in [1.82, 2.24) is 9.80 Å². The van der Waals surface area contributed by atoms with Gasteiger partial charge in [0.25, 0.3) is 5.91 Å². The molecule has 1 atom stereocenters. The number of carbonyl (C=O) groups excluding carboxylic acids is 1. The predicted molar refractivity (Wildman–Crippen MR) is 93.9 cm³/mol. The van der Waals surface area contributed by atoms with Gasteiger partial charge in [0.05, 0.1) is 6.04 Å². The van der Waals surface area contributed by atoms with E-state index in [9.17, 15) is 4.79 Å². The number of para-hydroxylation sites is 1. The lowest BCUT2D eigenvalue weighted by Gasteiger charge is -2.39. The van der Waals surface area contributed by atoms with E-state index in [2.05, 4.69) is 24.1 Å². The van der Waals surface area contributed by atoms with Crippen LogP contribution in [0.1, 0.15) is 22.2 Å². The summed E-state index contributed by atoms with van der Waals surface area (Å²) in [6, 6.07) is 19.8. The molecule has 1 aliphatic rings. The van der Waals surface area contributed by atoms with Gasteiger partial charge in [0.1, 0.15) is 5.58 Å². The quantitative estimate of drug-likeness (QED) is 0.724. The van der Waals surface area contributed by atoms with Crippen molar-refractivity contribution in [2.45, 2.75) is 6.04 Å². The summed E-state index contributed by atoms with van der Waals surface area (Å²) in [5.41, 5.74) is 1.92. The van der Waals surface area contributed by atoms with Gasteiger partial charge >= 0.3 is 0 Å². The molecule has 122 valence electrons. The van der Waals surface area contributed by atoms with Crippen molar-refractivity contribution < 1.29 is 9.21 Å². The minimum absolute atomic E-state index is 0.0341. The number of carbonyl (C=O) groups is 1. The first kappa shape index (κ1) is 15.0. The maximum Gasteiger partial charge on any atom is 0.290 e. The highest BCUT2D eigenvalue weighted by Gasteiger charge is 2.32. The SMILES string of the molecule is CN1CCN(C(=O)c2cc3ccccc3o2)C(c2ccccc2)C1. The molecule has 0 saturated carbocycles. The van der Waals surface area contributed by atoms with Gasteiger partial charge in [-0.25, -0.2) is 0 Å². The highest BCUT2D eigenvalue weighted by Crippen LogP contribution is 2.28. The van der Waals surface area contributed by atoms with Crippen molar-refractivity contribution in [2.24, 2.45) is 0 Å². The number of likely N-dealkylation sites (N-methyl/N-ethyl adjacent to an activating group) is 1. The number of hydrogen-bond acceptors (Lipinski definition) is 3. The molecular formula is C20H20N2O2. The lowest BCUT2D eigenvalue weighted by molar-refractivity contribution is 0.0470. The molecule has 1 amide bonds. The van der Waals surface area contributed by atoms with Crippen molar-refractivity contribution in [1.29, 1.82) is 0 Å². The molecule has 2 heterocycles. The number of benzene rings is 2. The monoisotopic (exact) mass is 320 g/mol. The second kappa shape index (κ2) is 6.13. The van der Waals surface area contributed by atoms with Crippen molar-refractivity contribution in [2.75, 3.05) is 26.7 Å².